The molecule has 5 rings (SSSR count). The standard InChI is InChI=1S/C27H26NSi/c1-16-15-21-24(23(27(16)29(4)5)20-13-9-10-14-20)25-22(19-11-7-6-8-12-19)17(2)18(3)26(25)28-21/h6-13,15H,14H2,1-5H3. The van der Waals surface area contributed by atoms with E-state index in [-0.39, 0.29) is 0 Å². The zero-order chi connectivity index (χ0) is 20.3. The third-order valence-corrected chi connectivity index (χ3v) is 8.06. The van der Waals surface area contributed by atoms with Crippen molar-refractivity contribution in [2.75, 3.05) is 0 Å². The number of aliphatic imine (C=N–C) groups is 1. The van der Waals surface area contributed by atoms with E-state index in [1.54, 1.807) is 5.19 Å². The van der Waals surface area contributed by atoms with Crippen molar-refractivity contribution in [1.29, 1.82) is 0 Å². The smallest absolute Gasteiger partial charge is 0.0803 e. The third-order valence-electron chi connectivity index (χ3n) is 6.42. The summed E-state index contributed by atoms with van der Waals surface area (Å²) < 4.78 is 0. The van der Waals surface area contributed by atoms with Gasteiger partial charge < -0.3 is 0 Å². The molecule has 0 amide bonds. The minimum absolute atomic E-state index is 0.621. The minimum atomic E-state index is -0.621. The van der Waals surface area contributed by atoms with Crippen molar-refractivity contribution in [3.8, 4) is 0 Å². The lowest BCUT2D eigenvalue weighted by atomic mass is 9.87. The largest absolute Gasteiger partial charge is 0.247 e. The molecule has 3 aliphatic rings. The minimum Gasteiger partial charge on any atom is -0.247 e. The van der Waals surface area contributed by atoms with Crippen LogP contribution in [0, 0.1) is 6.92 Å². The van der Waals surface area contributed by atoms with Gasteiger partial charge in [0.15, 0.2) is 0 Å². The van der Waals surface area contributed by atoms with Gasteiger partial charge >= 0.3 is 0 Å². The van der Waals surface area contributed by atoms with Crippen LogP contribution in [0.1, 0.15) is 42.5 Å². The lowest BCUT2D eigenvalue weighted by molar-refractivity contribution is 1.38. The maximum Gasteiger partial charge on any atom is 0.0803 e. The van der Waals surface area contributed by atoms with Crippen molar-refractivity contribution in [2.45, 2.75) is 40.3 Å². The highest BCUT2D eigenvalue weighted by Gasteiger charge is 2.36. The number of fused-ring (bicyclic) bond motifs is 3. The molecule has 2 aromatic rings. The molecule has 2 aliphatic carbocycles. The lowest BCUT2D eigenvalue weighted by Gasteiger charge is -2.22. The van der Waals surface area contributed by atoms with Gasteiger partial charge in [-0.25, -0.2) is 4.99 Å². The normalized spacial score (nSPS) is 17.3. The molecule has 1 radical (unpaired) electrons. The second-order valence-corrected chi connectivity index (χ2v) is 11.0. The fourth-order valence-corrected chi connectivity index (χ4v) is 6.71. The van der Waals surface area contributed by atoms with Gasteiger partial charge in [0.1, 0.15) is 0 Å². The maximum absolute atomic E-state index is 5.18. The zero-order valence-corrected chi connectivity index (χ0v) is 18.9. The molecule has 2 heteroatoms. The van der Waals surface area contributed by atoms with E-state index in [1.807, 2.05) is 0 Å². The first-order valence-corrected chi connectivity index (χ1v) is 12.9. The predicted octanol–water partition coefficient (Wildman–Crippen LogP) is 6.65. The van der Waals surface area contributed by atoms with Crippen molar-refractivity contribution in [2.24, 2.45) is 4.99 Å². The van der Waals surface area contributed by atoms with Crippen LogP contribution in [0.3, 0.4) is 0 Å². The second-order valence-electron chi connectivity index (χ2n) is 8.49. The third kappa shape index (κ3) is 2.62. The highest BCUT2D eigenvalue weighted by atomic mass is 28.3. The molecule has 0 spiro atoms. The van der Waals surface area contributed by atoms with Gasteiger partial charge in [-0.15, -0.1) is 0 Å². The van der Waals surface area contributed by atoms with Gasteiger partial charge in [0.05, 0.1) is 20.2 Å². The summed E-state index contributed by atoms with van der Waals surface area (Å²) in [6, 6.07) is 13.2. The first-order chi connectivity index (χ1) is 14.0. The van der Waals surface area contributed by atoms with Gasteiger partial charge in [-0.05, 0) is 72.2 Å². The Hall–Kier alpha value is -2.71. The van der Waals surface area contributed by atoms with E-state index in [1.165, 1.54) is 55.8 Å². The molecule has 1 nitrogen and oxygen atoms in total. The van der Waals surface area contributed by atoms with Gasteiger partial charge in [0, 0.05) is 11.1 Å². The van der Waals surface area contributed by atoms with Crippen molar-refractivity contribution < 1.29 is 0 Å². The number of aryl methyl sites for hydroxylation is 1. The Morgan fingerprint density at radius 3 is 2.31 bits per heavy atom. The number of allylic oxidation sites excluding steroid dienone is 8. The van der Waals surface area contributed by atoms with E-state index in [9.17, 15) is 0 Å². The number of hydrogen-bond acceptors (Lipinski definition) is 1. The molecule has 143 valence electrons. The molecule has 0 bridgehead atoms. The Balaban J connectivity index is 1.88. The van der Waals surface area contributed by atoms with Crippen LogP contribution in [-0.4, -0.2) is 14.5 Å². The van der Waals surface area contributed by atoms with Crippen LogP contribution in [0.15, 0.2) is 70.8 Å². The fraction of sp³-hybridized carbons (Fsp3) is 0.222. The molecule has 0 N–H and O–H groups in total. The first kappa shape index (κ1) is 18.3. The number of benzene rings is 2. The van der Waals surface area contributed by atoms with E-state index < -0.39 is 8.80 Å². The number of nitrogens with zero attached hydrogens (tertiary/aromatic N) is 1. The summed E-state index contributed by atoms with van der Waals surface area (Å²) in [6.45, 7) is 11.6. The van der Waals surface area contributed by atoms with E-state index in [4.69, 9.17) is 4.99 Å². The Morgan fingerprint density at radius 1 is 0.897 bits per heavy atom. The van der Waals surface area contributed by atoms with Crippen LogP contribution in [0.2, 0.25) is 13.1 Å². The molecule has 0 saturated heterocycles. The summed E-state index contributed by atoms with van der Waals surface area (Å²) in [5.74, 6) is 0. The molecule has 1 aliphatic heterocycles. The van der Waals surface area contributed by atoms with Gasteiger partial charge in [0.25, 0.3) is 0 Å². The fourth-order valence-electron chi connectivity index (χ4n) is 5.07. The average Bonchev–Trinajstić information content (AvgIpc) is 3.40. The van der Waals surface area contributed by atoms with Crippen molar-refractivity contribution >= 4 is 42.1 Å². The van der Waals surface area contributed by atoms with Crippen LogP contribution in [0.5, 0.6) is 0 Å². The van der Waals surface area contributed by atoms with Crippen molar-refractivity contribution in [1.82, 2.24) is 0 Å². The molecule has 29 heavy (non-hydrogen) atoms. The van der Waals surface area contributed by atoms with Crippen LogP contribution in [0.25, 0.3) is 16.7 Å². The van der Waals surface area contributed by atoms with Gasteiger partial charge in [0.2, 0.25) is 0 Å². The summed E-state index contributed by atoms with van der Waals surface area (Å²) >= 11 is 0. The summed E-state index contributed by atoms with van der Waals surface area (Å²) in [5.41, 5.74) is 14.7. The van der Waals surface area contributed by atoms with Gasteiger partial charge in [-0.1, -0.05) is 66.8 Å². The van der Waals surface area contributed by atoms with E-state index in [0.29, 0.717) is 0 Å². The SMILES string of the molecule is CC1=C(C)C(c2ccccc2)=C2C1=Nc1cc(C)c([Si](C)C)c(C3=CC=CC3)c12. The molecule has 0 aromatic heterocycles. The molecular weight excluding hydrogens is 366 g/mol. The number of hydrogen-bond donors (Lipinski definition) is 0. The zero-order valence-electron chi connectivity index (χ0n) is 17.9. The molecular formula is C27H26NSi. The second kappa shape index (κ2) is 6.67. The Morgan fingerprint density at radius 2 is 1.66 bits per heavy atom. The molecule has 2 aromatic carbocycles. The molecule has 0 fully saturated rings. The van der Waals surface area contributed by atoms with Crippen molar-refractivity contribution in [3.05, 3.63) is 88.0 Å². The summed E-state index contributed by atoms with van der Waals surface area (Å²) in [5, 5.41) is 1.57. The quantitative estimate of drug-likeness (QED) is 0.519. The Labute approximate surface area is 175 Å². The first-order valence-electron chi connectivity index (χ1n) is 10.4. The van der Waals surface area contributed by atoms with E-state index in [0.717, 1.165) is 12.1 Å². The number of rotatable bonds is 3. The van der Waals surface area contributed by atoms with Crippen LogP contribution in [-0.2, 0) is 0 Å². The molecule has 1 heterocycles. The van der Waals surface area contributed by atoms with Crippen molar-refractivity contribution in [3.63, 3.8) is 0 Å². The molecule has 0 unspecified atom stereocenters. The molecule has 0 atom stereocenters. The summed E-state index contributed by atoms with van der Waals surface area (Å²) in [6.07, 6.45) is 7.81. The lowest BCUT2D eigenvalue weighted by Crippen LogP contribution is -2.30. The maximum atomic E-state index is 5.18. The van der Waals surface area contributed by atoms with Crippen LogP contribution < -0.4 is 5.19 Å². The van der Waals surface area contributed by atoms with E-state index >= 15 is 0 Å². The summed E-state index contributed by atoms with van der Waals surface area (Å²) in [4.78, 5) is 5.18. The highest BCUT2D eigenvalue weighted by Crippen LogP contribution is 2.51. The van der Waals surface area contributed by atoms with Gasteiger partial charge in [-0.2, -0.15) is 0 Å². The van der Waals surface area contributed by atoms with E-state index in [2.05, 4.69) is 88.5 Å². The van der Waals surface area contributed by atoms with Crippen LogP contribution in [0.4, 0.5) is 5.69 Å². The highest BCUT2D eigenvalue weighted by molar-refractivity contribution is 6.72. The predicted molar refractivity (Wildman–Crippen MR) is 129 cm³/mol. The Kier molecular flexibility index (Phi) is 4.21. The van der Waals surface area contributed by atoms with Gasteiger partial charge in [-0.3, -0.25) is 0 Å². The van der Waals surface area contributed by atoms with Crippen LogP contribution >= 0.6 is 0 Å². The topological polar surface area (TPSA) is 12.4 Å². The molecule has 0 saturated carbocycles. The monoisotopic (exact) mass is 392 g/mol. The average molecular weight is 393 g/mol. The summed E-state index contributed by atoms with van der Waals surface area (Å²) in [7, 11) is -0.621. The Bertz CT molecular complexity index is 1200.